The Balaban J connectivity index is 2.41. The van der Waals surface area contributed by atoms with E-state index in [0.717, 1.165) is 12.1 Å². The average Bonchev–Trinajstić information content (AvgIpc) is 2.48. The third kappa shape index (κ3) is 3.71. The molecule has 7 heteroatoms. The van der Waals surface area contributed by atoms with Gasteiger partial charge in [-0.15, -0.1) is 0 Å². The second-order valence-corrected chi connectivity index (χ2v) is 5.52. The van der Waals surface area contributed by atoms with Crippen LogP contribution in [0.3, 0.4) is 0 Å². The lowest BCUT2D eigenvalue weighted by Crippen LogP contribution is -2.19. The standard InChI is InChI=1S/C15H15F3N2OS/c1-3-12-11(13(21)20-14(19-12)22-2)8-9-5-4-6-10(7-9)15(16,17)18/h4-7H,3,8H2,1-2H3,(H,19,20,21). The van der Waals surface area contributed by atoms with Crippen molar-refractivity contribution in [3.8, 4) is 0 Å². The van der Waals surface area contributed by atoms with Gasteiger partial charge >= 0.3 is 6.18 Å². The molecule has 0 atom stereocenters. The van der Waals surface area contributed by atoms with Crippen molar-refractivity contribution in [1.82, 2.24) is 9.97 Å². The van der Waals surface area contributed by atoms with Crippen LogP contribution in [0.2, 0.25) is 0 Å². The second kappa shape index (κ2) is 6.56. The molecule has 0 saturated heterocycles. The summed E-state index contributed by atoms with van der Waals surface area (Å²) in [5.41, 5.74) is 0.459. The van der Waals surface area contributed by atoms with E-state index in [1.54, 1.807) is 12.3 Å². The van der Waals surface area contributed by atoms with E-state index in [9.17, 15) is 18.0 Å². The van der Waals surface area contributed by atoms with Gasteiger partial charge in [-0.1, -0.05) is 36.9 Å². The Morgan fingerprint density at radius 1 is 1.32 bits per heavy atom. The molecule has 0 amide bonds. The first-order valence-electron chi connectivity index (χ1n) is 6.67. The lowest BCUT2D eigenvalue weighted by atomic mass is 10.0. The summed E-state index contributed by atoms with van der Waals surface area (Å²) in [6.45, 7) is 1.86. The van der Waals surface area contributed by atoms with Gasteiger partial charge in [-0.3, -0.25) is 4.79 Å². The van der Waals surface area contributed by atoms with E-state index < -0.39 is 11.7 Å². The van der Waals surface area contributed by atoms with Gasteiger partial charge in [-0.2, -0.15) is 13.2 Å². The predicted molar refractivity (Wildman–Crippen MR) is 80.3 cm³/mol. The SMILES string of the molecule is CCc1nc(SC)[nH]c(=O)c1Cc1cccc(C(F)(F)F)c1. The van der Waals surface area contributed by atoms with Gasteiger partial charge in [0.05, 0.1) is 11.3 Å². The molecule has 118 valence electrons. The topological polar surface area (TPSA) is 45.8 Å². The van der Waals surface area contributed by atoms with Gasteiger partial charge in [0.25, 0.3) is 5.56 Å². The van der Waals surface area contributed by atoms with Crippen molar-refractivity contribution in [3.05, 3.63) is 57.0 Å². The first-order valence-corrected chi connectivity index (χ1v) is 7.89. The molecule has 0 unspecified atom stereocenters. The van der Waals surface area contributed by atoms with E-state index in [1.165, 1.54) is 17.8 Å². The quantitative estimate of drug-likeness (QED) is 0.688. The van der Waals surface area contributed by atoms with Crippen molar-refractivity contribution in [1.29, 1.82) is 0 Å². The predicted octanol–water partition coefficient (Wildman–Crippen LogP) is 3.66. The molecule has 2 rings (SSSR count). The van der Waals surface area contributed by atoms with E-state index >= 15 is 0 Å². The van der Waals surface area contributed by atoms with Crippen LogP contribution in [0.25, 0.3) is 0 Å². The lowest BCUT2D eigenvalue weighted by molar-refractivity contribution is -0.137. The lowest BCUT2D eigenvalue weighted by Gasteiger charge is -2.10. The van der Waals surface area contributed by atoms with Gasteiger partial charge in [0.2, 0.25) is 0 Å². The highest BCUT2D eigenvalue weighted by Gasteiger charge is 2.30. The third-order valence-corrected chi connectivity index (χ3v) is 3.82. The van der Waals surface area contributed by atoms with Crippen LogP contribution in [0.5, 0.6) is 0 Å². The summed E-state index contributed by atoms with van der Waals surface area (Å²) >= 11 is 1.32. The normalized spacial score (nSPS) is 11.7. The zero-order valence-electron chi connectivity index (χ0n) is 12.1. The van der Waals surface area contributed by atoms with Crippen molar-refractivity contribution in [2.24, 2.45) is 0 Å². The van der Waals surface area contributed by atoms with Crippen molar-refractivity contribution >= 4 is 11.8 Å². The van der Waals surface area contributed by atoms with Gasteiger partial charge < -0.3 is 4.98 Å². The van der Waals surface area contributed by atoms with Crippen LogP contribution in [0, 0.1) is 0 Å². The number of rotatable bonds is 4. The molecule has 0 radical (unpaired) electrons. The molecule has 1 aromatic carbocycles. The van der Waals surface area contributed by atoms with Crippen LogP contribution in [0.4, 0.5) is 13.2 Å². The number of benzene rings is 1. The maximum atomic E-state index is 12.7. The molecule has 0 spiro atoms. The monoisotopic (exact) mass is 328 g/mol. The van der Waals surface area contributed by atoms with E-state index in [1.807, 2.05) is 6.92 Å². The Bertz CT molecular complexity index is 725. The molecule has 0 aliphatic rings. The molecule has 1 heterocycles. The number of aryl methyl sites for hydroxylation is 1. The summed E-state index contributed by atoms with van der Waals surface area (Å²) in [5.74, 6) is 0. The first kappa shape index (κ1) is 16.6. The van der Waals surface area contributed by atoms with Crippen LogP contribution < -0.4 is 5.56 Å². The number of H-pyrrole nitrogens is 1. The molecule has 0 saturated carbocycles. The summed E-state index contributed by atoms with van der Waals surface area (Å²) in [7, 11) is 0. The molecule has 22 heavy (non-hydrogen) atoms. The summed E-state index contributed by atoms with van der Waals surface area (Å²) in [5, 5.41) is 0.509. The summed E-state index contributed by atoms with van der Waals surface area (Å²) in [4.78, 5) is 19.1. The molecular formula is C15H15F3N2OS. The molecule has 1 aromatic heterocycles. The van der Waals surface area contributed by atoms with Crippen molar-refractivity contribution in [2.75, 3.05) is 6.26 Å². The number of hydrogen-bond donors (Lipinski definition) is 1. The molecule has 1 N–H and O–H groups in total. The number of nitrogens with zero attached hydrogens (tertiary/aromatic N) is 1. The zero-order valence-corrected chi connectivity index (χ0v) is 12.9. The van der Waals surface area contributed by atoms with Crippen molar-refractivity contribution in [2.45, 2.75) is 31.1 Å². The molecule has 0 aliphatic heterocycles. The van der Waals surface area contributed by atoms with Crippen LogP contribution in [-0.2, 0) is 19.0 Å². The van der Waals surface area contributed by atoms with Gasteiger partial charge in [-0.25, -0.2) is 4.98 Å². The van der Waals surface area contributed by atoms with E-state index in [-0.39, 0.29) is 12.0 Å². The Morgan fingerprint density at radius 3 is 2.64 bits per heavy atom. The zero-order chi connectivity index (χ0) is 16.3. The minimum absolute atomic E-state index is 0.129. The summed E-state index contributed by atoms with van der Waals surface area (Å²) in [6, 6.07) is 5.02. The molecule has 0 fully saturated rings. The largest absolute Gasteiger partial charge is 0.416 e. The second-order valence-electron chi connectivity index (χ2n) is 4.73. The Labute approximate surface area is 130 Å². The first-order chi connectivity index (χ1) is 10.3. The number of aromatic nitrogens is 2. The summed E-state index contributed by atoms with van der Waals surface area (Å²) < 4.78 is 38.2. The van der Waals surface area contributed by atoms with Crippen LogP contribution in [-0.4, -0.2) is 16.2 Å². The molecule has 3 nitrogen and oxygen atoms in total. The highest BCUT2D eigenvalue weighted by Crippen LogP contribution is 2.30. The number of hydrogen-bond acceptors (Lipinski definition) is 3. The van der Waals surface area contributed by atoms with Gasteiger partial charge in [0, 0.05) is 12.0 Å². The van der Waals surface area contributed by atoms with E-state index in [4.69, 9.17) is 0 Å². The molecule has 0 bridgehead atoms. The number of nitrogens with one attached hydrogen (secondary N) is 1. The fourth-order valence-corrected chi connectivity index (χ4v) is 2.55. The maximum absolute atomic E-state index is 12.7. The highest BCUT2D eigenvalue weighted by molar-refractivity contribution is 7.98. The number of aromatic amines is 1. The number of alkyl halides is 3. The van der Waals surface area contributed by atoms with E-state index in [0.29, 0.717) is 28.4 Å². The number of thioether (sulfide) groups is 1. The van der Waals surface area contributed by atoms with E-state index in [2.05, 4.69) is 9.97 Å². The fraction of sp³-hybridized carbons (Fsp3) is 0.333. The average molecular weight is 328 g/mol. The Kier molecular flexibility index (Phi) is 4.95. The van der Waals surface area contributed by atoms with Gasteiger partial charge in [0.15, 0.2) is 5.16 Å². The minimum atomic E-state index is -4.39. The van der Waals surface area contributed by atoms with Crippen molar-refractivity contribution in [3.63, 3.8) is 0 Å². The van der Waals surface area contributed by atoms with Gasteiger partial charge in [-0.05, 0) is 24.3 Å². The minimum Gasteiger partial charge on any atom is -0.301 e. The van der Waals surface area contributed by atoms with Gasteiger partial charge in [0.1, 0.15) is 0 Å². The molecule has 2 aromatic rings. The smallest absolute Gasteiger partial charge is 0.301 e. The molecule has 0 aliphatic carbocycles. The number of halogens is 3. The fourth-order valence-electron chi connectivity index (χ4n) is 2.15. The van der Waals surface area contributed by atoms with Crippen LogP contribution >= 0.6 is 11.8 Å². The van der Waals surface area contributed by atoms with Crippen LogP contribution in [0.1, 0.15) is 29.3 Å². The van der Waals surface area contributed by atoms with Crippen LogP contribution in [0.15, 0.2) is 34.2 Å². The van der Waals surface area contributed by atoms with Crippen molar-refractivity contribution < 1.29 is 13.2 Å². The molecular weight excluding hydrogens is 313 g/mol. The third-order valence-electron chi connectivity index (χ3n) is 3.24. The Hall–Kier alpha value is -1.76. The highest BCUT2D eigenvalue weighted by atomic mass is 32.2. The Morgan fingerprint density at radius 2 is 2.05 bits per heavy atom. The maximum Gasteiger partial charge on any atom is 0.416 e. The summed E-state index contributed by atoms with van der Waals surface area (Å²) in [6.07, 6.45) is -1.92.